The van der Waals surface area contributed by atoms with E-state index in [1.54, 1.807) is 14.2 Å². The van der Waals surface area contributed by atoms with Crippen LogP contribution in [0.2, 0.25) is 0 Å². The molecule has 2 aromatic heterocycles. The highest BCUT2D eigenvalue weighted by molar-refractivity contribution is 5.96. The van der Waals surface area contributed by atoms with E-state index in [0.717, 1.165) is 95.7 Å². The van der Waals surface area contributed by atoms with Gasteiger partial charge in [0, 0.05) is 36.4 Å². The van der Waals surface area contributed by atoms with Crippen molar-refractivity contribution in [1.29, 1.82) is 0 Å². The summed E-state index contributed by atoms with van der Waals surface area (Å²) < 4.78 is 13.0. The van der Waals surface area contributed by atoms with E-state index >= 15 is 0 Å². The molecule has 5 aromatic rings. The van der Waals surface area contributed by atoms with E-state index in [-0.39, 0.29) is 11.8 Å². The van der Waals surface area contributed by atoms with E-state index in [2.05, 4.69) is 66.7 Å². The van der Waals surface area contributed by atoms with Crippen LogP contribution in [0.15, 0.2) is 91.0 Å². The average molecular weight is 600 g/mol. The molecular weight excluding hydrogens is 558 g/mol. The molecule has 6 nitrogen and oxygen atoms in total. The molecule has 0 radical (unpaired) electrons. The Balaban J connectivity index is 1.28. The smallest absolute Gasteiger partial charge is 0.249 e. The third kappa shape index (κ3) is 5.10. The van der Waals surface area contributed by atoms with Gasteiger partial charge in [-0.05, 0) is 98.6 Å². The zero-order valence-electron chi connectivity index (χ0n) is 26.2. The SMILES string of the molecule is COC1(c2cccc(C3(OC)CCCC3Cc3ccc4ccccc4n3)c2C(N)=O)CCCC1Cc1ccc2ccccc2n1. The minimum absolute atomic E-state index is 0.143. The fourth-order valence-electron chi connectivity index (χ4n) is 8.57. The zero-order valence-corrected chi connectivity index (χ0v) is 26.2. The fraction of sp³-hybridized carbons (Fsp3) is 0.359. The van der Waals surface area contributed by atoms with E-state index in [9.17, 15) is 4.79 Å². The maximum atomic E-state index is 13.6. The summed E-state index contributed by atoms with van der Waals surface area (Å²) in [6.45, 7) is 0. The van der Waals surface area contributed by atoms with Gasteiger partial charge in [0.15, 0.2) is 0 Å². The normalized spacial score (nSPS) is 24.8. The highest BCUT2D eigenvalue weighted by atomic mass is 16.5. The highest BCUT2D eigenvalue weighted by Crippen LogP contribution is 2.53. The number of hydrogen-bond donors (Lipinski definition) is 1. The molecule has 1 amide bonds. The van der Waals surface area contributed by atoms with Crippen LogP contribution in [-0.4, -0.2) is 30.1 Å². The topological polar surface area (TPSA) is 87.3 Å². The number of fused-ring (bicyclic) bond motifs is 2. The monoisotopic (exact) mass is 599 g/mol. The van der Waals surface area contributed by atoms with Gasteiger partial charge in [-0.15, -0.1) is 0 Å². The molecule has 2 heterocycles. The van der Waals surface area contributed by atoms with Gasteiger partial charge in [0.05, 0.1) is 27.8 Å². The molecule has 230 valence electrons. The van der Waals surface area contributed by atoms with Crippen molar-refractivity contribution in [2.24, 2.45) is 17.6 Å². The highest BCUT2D eigenvalue weighted by Gasteiger charge is 2.51. The van der Waals surface area contributed by atoms with E-state index in [1.165, 1.54) is 0 Å². The molecular formula is C39H41N3O3. The van der Waals surface area contributed by atoms with Crippen molar-refractivity contribution in [3.05, 3.63) is 119 Å². The van der Waals surface area contributed by atoms with Crippen LogP contribution < -0.4 is 5.73 Å². The number of nitrogens with zero attached hydrogens (tertiary/aromatic N) is 2. The first-order valence-corrected chi connectivity index (χ1v) is 16.2. The van der Waals surface area contributed by atoms with Crippen LogP contribution in [0.25, 0.3) is 21.8 Å². The maximum Gasteiger partial charge on any atom is 0.249 e. The van der Waals surface area contributed by atoms with E-state index < -0.39 is 17.1 Å². The summed E-state index contributed by atoms with van der Waals surface area (Å²) in [7, 11) is 3.55. The molecule has 4 unspecified atom stereocenters. The molecule has 0 spiro atoms. The fourth-order valence-corrected chi connectivity index (χ4v) is 8.57. The van der Waals surface area contributed by atoms with Crippen molar-refractivity contribution in [2.75, 3.05) is 14.2 Å². The Hall–Kier alpha value is -4.13. The quantitative estimate of drug-likeness (QED) is 0.188. The lowest BCUT2D eigenvalue weighted by Crippen LogP contribution is -2.41. The van der Waals surface area contributed by atoms with Gasteiger partial charge in [-0.1, -0.05) is 66.7 Å². The molecule has 2 aliphatic rings. The average Bonchev–Trinajstić information content (AvgIpc) is 3.68. The maximum absolute atomic E-state index is 13.6. The van der Waals surface area contributed by atoms with Gasteiger partial charge in [0.2, 0.25) is 5.91 Å². The molecule has 2 N–H and O–H groups in total. The van der Waals surface area contributed by atoms with Crippen molar-refractivity contribution in [2.45, 2.75) is 62.6 Å². The second-order valence-corrected chi connectivity index (χ2v) is 12.9. The lowest BCUT2D eigenvalue weighted by atomic mass is 9.73. The standard InChI is InChI=1S/C39H41N3O3/c1-44-38(22-8-12-28(38)24-30-20-18-26-10-3-5-16-34(26)41-30)32-14-7-15-33(36(32)37(40)43)39(45-2)23-9-13-29(39)25-31-21-19-27-11-4-6-17-35(27)42-31/h3-7,10-11,14-21,28-29H,8-9,12-13,22-25H2,1-2H3,(H2,40,43). The minimum atomic E-state index is -0.656. The number of ether oxygens (including phenoxy) is 2. The molecule has 0 aliphatic heterocycles. The summed E-state index contributed by atoms with van der Waals surface area (Å²) in [5.41, 5.74) is 11.4. The van der Waals surface area contributed by atoms with Crippen LogP contribution in [0, 0.1) is 11.8 Å². The third-order valence-electron chi connectivity index (χ3n) is 10.7. The number of primary amides is 1. The van der Waals surface area contributed by atoms with E-state index in [1.807, 2.05) is 24.3 Å². The second-order valence-electron chi connectivity index (χ2n) is 12.9. The predicted octanol–water partition coefficient (Wildman–Crippen LogP) is 7.65. The Labute approximate surface area is 265 Å². The number of aromatic nitrogens is 2. The summed E-state index contributed by atoms with van der Waals surface area (Å²) in [6, 6.07) is 31.1. The van der Waals surface area contributed by atoms with Crippen LogP contribution >= 0.6 is 0 Å². The number of benzene rings is 3. The number of hydrogen-bond acceptors (Lipinski definition) is 5. The van der Waals surface area contributed by atoms with Gasteiger partial charge < -0.3 is 15.2 Å². The van der Waals surface area contributed by atoms with Crippen molar-refractivity contribution in [3.63, 3.8) is 0 Å². The zero-order chi connectivity index (χ0) is 31.0. The van der Waals surface area contributed by atoms with Crippen molar-refractivity contribution < 1.29 is 14.3 Å². The summed E-state index contributed by atoms with van der Waals surface area (Å²) in [4.78, 5) is 23.6. The van der Waals surface area contributed by atoms with Gasteiger partial charge in [-0.25, -0.2) is 0 Å². The summed E-state index contributed by atoms with van der Waals surface area (Å²) in [5, 5.41) is 2.26. The third-order valence-corrected chi connectivity index (χ3v) is 10.7. The van der Waals surface area contributed by atoms with Gasteiger partial charge >= 0.3 is 0 Å². The van der Waals surface area contributed by atoms with Crippen LogP contribution in [-0.2, 0) is 33.5 Å². The van der Waals surface area contributed by atoms with Crippen molar-refractivity contribution in [3.8, 4) is 0 Å². The Bertz CT molecular complexity index is 1750. The number of carbonyl (C=O) groups is 1. The number of pyridine rings is 2. The molecule has 0 bridgehead atoms. The Morgan fingerprint density at radius 1 is 0.689 bits per heavy atom. The number of amides is 1. The summed E-state index contributed by atoms with van der Waals surface area (Å²) in [5.74, 6) is -0.147. The molecule has 7 rings (SSSR count). The predicted molar refractivity (Wildman–Crippen MR) is 178 cm³/mol. The number of para-hydroxylation sites is 2. The Morgan fingerprint density at radius 3 is 1.60 bits per heavy atom. The largest absolute Gasteiger partial charge is 0.373 e. The molecule has 3 aromatic carbocycles. The van der Waals surface area contributed by atoms with Gasteiger partial charge in [0.1, 0.15) is 0 Å². The number of nitrogens with two attached hydrogens (primary N) is 1. The van der Waals surface area contributed by atoms with Gasteiger partial charge in [-0.2, -0.15) is 0 Å². The molecule has 6 heteroatoms. The molecule has 0 saturated heterocycles. The van der Waals surface area contributed by atoms with Crippen LogP contribution in [0.3, 0.4) is 0 Å². The number of methoxy groups -OCH3 is 2. The molecule has 2 fully saturated rings. The van der Waals surface area contributed by atoms with E-state index in [4.69, 9.17) is 25.2 Å². The lowest BCUT2D eigenvalue weighted by Gasteiger charge is -2.40. The van der Waals surface area contributed by atoms with E-state index in [0.29, 0.717) is 5.56 Å². The minimum Gasteiger partial charge on any atom is -0.373 e. The Morgan fingerprint density at radius 2 is 1.16 bits per heavy atom. The first-order valence-electron chi connectivity index (χ1n) is 16.2. The first kappa shape index (κ1) is 29.6. The van der Waals surface area contributed by atoms with Crippen LogP contribution in [0.4, 0.5) is 0 Å². The number of carbonyl (C=O) groups excluding carboxylic acids is 1. The summed E-state index contributed by atoms with van der Waals surface area (Å²) >= 11 is 0. The Kier molecular flexibility index (Phi) is 7.88. The number of rotatable bonds is 9. The first-order chi connectivity index (χ1) is 22.0. The molecule has 4 atom stereocenters. The lowest BCUT2D eigenvalue weighted by molar-refractivity contribution is -0.0536. The van der Waals surface area contributed by atoms with Gasteiger partial charge in [0.25, 0.3) is 0 Å². The van der Waals surface area contributed by atoms with Gasteiger partial charge in [-0.3, -0.25) is 14.8 Å². The van der Waals surface area contributed by atoms with Crippen molar-refractivity contribution >= 4 is 27.7 Å². The van der Waals surface area contributed by atoms with Crippen molar-refractivity contribution in [1.82, 2.24) is 9.97 Å². The summed E-state index contributed by atoms with van der Waals surface area (Å²) in [6.07, 6.45) is 7.11. The molecule has 2 aliphatic carbocycles. The molecule has 2 saturated carbocycles. The second kappa shape index (κ2) is 12.0. The molecule has 45 heavy (non-hydrogen) atoms. The van der Waals surface area contributed by atoms with Crippen LogP contribution in [0.5, 0.6) is 0 Å². The van der Waals surface area contributed by atoms with Crippen LogP contribution in [0.1, 0.15) is 71.4 Å².